The van der Waals surface area contributed by atoms with Gasteiger partial charge in [0.25, 0.3) is 0 Å². The fraction of sp³-hybridized carbons (Fsp3) is 0.333. The summed E-state index contributed by atoms with van der Waals surface area (Å²) >= 11 is 0. The minimum absolute atomic E-state index is 0.0184. The van der Waals surface area contributed by atoms with Crippen molar-refractivity contribution in [3.8, 4) is 0 Å². The van der Waals surface area contributed by atoms with Crippen LogP contribution in [-0.2, 0) is 25.5 Å². The number of esters is 2. The minimum atomic E-state index is -0.414. The number of rotatable bonds is 2. The third kappa shape index (κ3) is 1.93. The lowest BCUT2D eigenvalue weighted by molar-refractivity contribution is -0.144. The van der Waals surface area contributed by atoms with E-state index in [4.69, 9.17) is 4.74 Å². The number of carbonyl (C=O) groups excluding carboxylic acids is 2. The summed E-state index contributed by atoms with van der Waals surface area (Å²) < 4.78 is 10.0. The fourth-order valence-corrected chi connectivity index (χ4v) is 2.77. The quantitative estimate of drug-likeness (QED) is 0.760. The first-order chi connectivity index (χ1) is 9.20. The molecule has 0 aromatic heterocycles. The van der Waals surface area contributed by atoms with E-state index >= 15 is 0 Å². The van der Waals surface area contributed by atoms with E-state index in [9.17, 15) is 9.59 Å². The summed E-state index contributed by atoms with van der Waals surface area (Å²) in [5.74, 6) is -0.801. The highest BCUT2D eigenvalue weighted by molar-refractivity contribution is 6.06. The molecule has 3 rings (SSSR count). The molecule has 0 radical (unpaired) electrons. The highest BCUT2D eigenvalue weighted by Crippen LogP contribution is 2.40. The number of ether oxygens (including phenoxy) is 2. The topological polar surface area (TPSA) is 52.6 Å². The molecule has 2 aliphatic rings. The van der Waals surface area contributed by atoms with E-state index in [0.717, 1.165) is 24.0 Å². The van der Waals surface area contributed by atoms with Crippen molar-refractivity contribution in [2.24, 2.45) is 0 Å². The van der Waals surface area contributed by atoms with Crippen LogP contribution in [0.3, 0.4) is 0 Å². The lowest BCUT2D eigenvalue weighted by atomic mass is 9.83. The largest absolute Gasteiger partial charge is 0.469 e. The molecular weight excluding hydrogens is 244 g/mol. The van der Waals surface area contributed by atoms with Gasteiger partial charge in [0.05, 0.1) is 19.1 Å². The van der Waals surface area contributed by atoms with Crippen LogP contribution in [0, 0.1) is 0 Å². The summed E-state index contributed by atoms with van der Waals surface area (Å²) in [6.07, 6.45) is 1.45. The van der Waals surface area contributed by atoms with Crippen LogP contribution in [0.2, 0.25) is 0 Å². The molecule has 0 fully saturated rings. The van der Waals surface area contributed by atoms with Crippen molar-refractivity contribution in [3.63, 3.8) is 0 Å². The first kappa shape index (κ1) is 12.0. The normalized spacial score (nSPS) is 20.7. The Labute approximate surface area is 111 Å². The number of benzene rings is 1. The Hall–Kier alpha value is -2.10. The van der Waals surface area contributed by atoms with Crippen molar-refractivity contribution in [1.29, 1.82) is 0 Å². The van der Waals surface area contributed by atoms with Gasteiger partial charge in [0, 0.05) is 5.57 Å². The zero-order valence-electron chi connectivity index (χ0n) is 10.6. The van der Waals surface area contributed by atoms with Crippen LogP contribution < -0.4 is 0 Å². The van der Waals surface area contributed by atoms with Crippen molar-refractivity contribution < 1.29 is 19.1 Å². The maximum atomic E-state index is 11.9. The van der Waals surface area contributed by atoms with Gasteiger partial charge in [0.15, 0.2) is 0 Å². The molecule has 0 saturated heterocycles. The summed E-state index contributed by atoms with van der Waals surface area (Å²) in [4.78, 5) is 23.3. The Bertz CT molecular complexity index is 586. The van der Waals surface area contributed by atoms with Crippen LogP contribution in [0.15, 0.2) is 29.8 Å². The van der Waals surface area contributed by atoms with Gasteiger partial charge in [0.1, 0.15) is 6.10 Å². The highest BCUT2D eigenvalue weighted by atomic mass is 16.6. The maximum absolute atomic E-state index is 11.9. The molecule has 1 unspecified atom stereocenters. The fourth-order valence-electron chi connectivity index (χ4n) is 2.77. The number of hydrogen-bond acceptors (Lipinski definition) is 4. The standard InChI is InChI=1S/C15H14O4/c1-18-13(16)8-11-14-10-5-3-2-4-9(10)6-7-12(14)19-15(11)17/h2-5,12H,6-8H2,1H3. The Morgan fingerprint density at radius 1 is 1.42 bits per heavy atom. The first-order valence-electron chi connectivity index (χ1n) is 6.30. The lowest BCUT2D eigenvalue weighted by Crippen LogP contribution is -2.17. The summed E-state index contributed by atoms with van der Waals surface area (Å²) in [7, 11) is 1.32. The molecule has 4 heteroatoms. The molecule has 1 atom stereocenters. The summed E-state index contributed by atoms with van der Waals surface area (Å²) in [6.45, 7) is 0. The Morgan fingerprint density at radius 2 is 2.21 bits per heavy atom. The average Bonchev–Trinajstić information content (AvgIpc) is 2.75. The zero-order chi connectivity index (χ0) is 13.4. The zero-order valence-corrected chi connectivity index (χ0v) is 10.6. The van der Waals surface area contributed by atoms with E-state index in [0.29, 0.717) is 5.57 Å². The molecule has 0 spiro atoms. The number of carbonyl (C=O) groups is 2. The molecule has 98 valence electrons. The van der Waals surface area contributed by atoms with Gasteiger partial charge in [-0.25, -0.2) is 4.79 Å². The highest BCUT2D eigenvalue weighted by Gasteiger charge is 2.38. The minimum Gasteiger partial charge on any atom is -0.469 e. The molecule has 4 nitrogen and oxygen atoms in total. The van der Waals surface area contributed by atoms with Crippen molar-refractivity contribution in [3.05, 3.63) is 41.0 Å². The molecule has 1 aromatic carbocycles. The van der Waals surface area contributed by atoms with E-state index in [-0.39, 0.29) is 18.5 Å². The van der Waals surface area contributed by atoms with Gasteiger partial charge in [0.2, 0.25) is 0 Å². The van der Waals surface area contributed by atoms with Crippen molar-refractivity contribution in [1.82, 2.24) is 0 Å². The van der Waals surface area contributed by atoms with Gasteiger partial charge in [-0.1, -0.05) is 24.3 Å². The molecule has 19 heavy (non-hydrogen) atoms. The number of fused-ring (bicyclic) bond motifs is 3. The SMILES string of the molecule is COC(=O)CC1=C2c3ccccc3CCC2OC1=O. The van der Waals surface area contributed by atoms with E-state index < -0.39 is 5.97 Å². The lowest BCUT2D eigenvalue weighted by Gasteiger charge is -2.22. The van der Waals surface area contributed by atoms with E-state index in [1.165, 1.54) is 12.7 Å². The Balaban J connectivity index is 2.09. The van der Waals surface area contributed by atoms with Crippen molar-refractivity contribution >= 4 is 17.5 Å². The third-order valence-corrected chi connectivity index (χ3v) is 3.67. The van der Waals surface area contributed by atoms with Crippen LogP contribution in [-0.4, -0.2) is 25.2 Å². The van der Waals surface area contributed by atoms with Gasteiger partial charge in [-0.2, -0.15) is 0 Å². The van der Waals surface area contributed by atoms with Crippen LogP contribution in [0.4, 0.5) is 0 Å². The second kappa shape index (κ2) is 4.53. The van der Waals surface area contributed by atoms with Crippen LogP contribution in [0.5, 0.6) is 0 Å². The predicted molar refractivity (Wildman–Crippen MR) is 68.2 cm³/mol. The molecule has 0 saturated carbocycles. The van der Waals surface area contributed by atoms with Crippen molar-refractivity contribution in [2.75, 3.05) is 7.11 Å². The number of hydrogen-bond donors (Lipinski definition) is 0. The monoisotopic (exact) mass is 258 g/mol. The van der Waals surface area contributed by atoms with Crippen LogP contribution >= 0.6 is 0 Å². The Kier molecular flexibility index (Phi) is 2.85. The van der Waals surface area contributed by atoms with Gasteiger partial charge in [-0.3, -0.25) is 4.79 Å². The molecule has 0 amide bonds. The summed E-state index contributed by atoms with van der Waals surface area (Å²) in [5, 5.41) is 0. The molecule has 1 aliphatic carbocycles. The predicted octanol–water partition coefficient (Wildman–Crippen LogP) is 1.87. The summed E-state index contributed by atoms with van der Waals surface area (Å²) in [6, 6.07) is 7.96. The number of aryl methyl sites for hydroxylation is 1. The van der Waals surface area contributed by atoms with Gasteiger partial charge in [-0.05, 0) is 24.0 Å². The van der Waals surface area contributed by atoms with Gasteiger partial charge >= 0.3 is 11.9 Å². The molecule has 1 heterocycles. The number of methoxy groups -OCH3 is 1. The molecule has 0 N–H and O–H groups in total. The molecule has 0 bridgehead atoms. The molecular formula is C15H14O4. The first-order valence-corrected chi connectivity index (χ1v) is 6.30. The maximum Gasteiger partial charge on any atom is 0.335 e. The summed E-state index contributed by atoms with van der Waals surface area (Å²) in [5.41, 5.74) is 3.55. The van der Waals surface area contributed by atoms with E-state index in [1.807, 2.05) is 18.2 Å². The van der Waals surface area contributed by atoms with E-state index in [2.05, 4.69) is 10.8 Å². The second-order valence-electron chi connectivity index (χ2n) is 4.73. The smallest absolute Gasteiger partial charge is 0.335 e. The van der Waals surface area contributed by atoms with Gasteiger partial charge in [-0.15, -0.1) is 0 Å². The van der Waals surface area contributed by atoms with Crippen molar-refractivity contribution in [2.45, 2.75) is 25.4 Å². The molecule has 1 aliphatic heterocycles. The van der Waals surface area contributed by atoms with Crippen LogP contribution in [0.25, 0.3) is 5.57 Å². The van der Waals surface area contributed by atoms with Gasteiger partial charge < -0.3 is 9.47 Å². The Morgan fingerprint density at radius 3 is 3.00 bits per heavy atom. The third-order valence-electron chi connectivity index (χ3n) is 3.67. The van der Waals surface area contributed by atoms with Crippen LogP contribution in [0.1, 0.15) is 24.0 Å². The average molecular weight is 258 g/mol. The second-order valence-corrected chi connectivity index (χ2v) is 4.73. The molecule has 1 aromatic rings. The van der Waals surface area contributed by atoms with E-state index in [1.54, 1.807) is 0 Å².